The highest BCUT2D eigenvalue weighted by Gasteiger charge is 2.23. The number of hydrogen-bond acceptors (Lipinski definition) is 4. The van der Waals surface area contributed by atoms with E-state index in [0.717, 1.165) is 43.7 Å². The number of non-ortho nitro benzene ring substituents is 1. The molecule has 1 aliphatic heterocycles. The molecule has 1 aliphatic carbocycles. The lowest BCUT2D eigenvalue weighted by molar-refractivity contribution is -0.384. The Kier molecular flexibility index (Phi) is 5.16. The maximum Gasteiger partial charge on any atom is 0.269 e. The Morgan fingerprint density at radius 1 is 1.04 bits per heavy atom. The second-order valence-corrected chi connectivity index (χ2v) is 7.19. The Balaban J connectivity index is 1.47. The molecule has 0 unspecified atom stereocenters. The van der Waals surface area contributed by atoms with Crippen LogP contribution < -0.4 is 4.90 Å². The first-order valence-electron chi connectivity index (χ1n) is 8.83. The van der Waals surface area contributed by atoms with Crippen LogP contribution in [0.1, 0.15) is 32.6 Å². The smallest absolute Gasteiger partial charge is 0.269 e. The minimum absolute atomic E-state index is 0.166. The molecular weight excluding hydrogens is 290 g/mol. The molecule has 1 saturated carbocycles. The molecule has 0 bridgehead atoms. The average Bonchev–Trinajstić information content (AvgIpc) is 2.58. The highest BCUT2D eigenvalue weighted by atomic mass is 16.6. The Hall–Kier alpha value is -1.62. The van der Waals surface area contributed by atoms with Crippen LogP contribution >= 0.6 is 0 Å². The number of anilines is 1. The number of nitro benzene ring substituents is 1. The van der Waals surface area contributed by atoms with Gasteiger partial charge in [-0.1, -0.05) is 19.8 Å². The highest BCUT2D eigenvalue weighted by molar-refractivity contribution is 5.51. The fourth-order valence-corrected chi connectivity index (χ4v) is 3.85. The summed E-state index contributed by atoms with van der Waals surface area (Å²) in [5.74, 6) is 1.81. The second kappa shape index (κ2) is 7.30. The Labute approximate surface area is 138 Å². The summed E-state index contributed by atoms with van der Waals surface area (Å²) in [6.07, 6.45) is 5.58. The quantitative estimate of drug-likeness (QED) is 0.629. The van der Waals surface area contributed by atoms with Gasteiger partial charge in [-0.3, -0.25) is 15.0 Å². The minimum Gasteiger partial charge on any atom is -0.369 e. The molecule has 3 rings (SSSR count). The number of hydrogen-bond donors (Lipinski definition) is 0. The number of nitrogens with zero attached hydrogens (tertiary/aromatic N) is 3. The molecule has 5 nitrogen and oxygen atoms in total. The standard InChI is InChI=1S/C18H27N3O2/c1-15-2-4-16(5-3-15)14-19-10-12-20(13-11-19)17-6-8-18(9-7-17)21(22)23/h6-9,15-16H,2-5,10-14H2,1H3. The topological polar surface area (TPSA) is 49.6 Å². The van der Waals surface area contributed by atoms with E-state index in [-0.39, 0.29) is 10.6 Å². The van der Waals surface area contributed by atoms with Gasteiger partial charge in [0.25, 0.3) is 5.69 Å². The lowest BCUT2D eigenvalue weighted by Gasteiger charge is -2.38. The van der Waals surface area contributed by atoms with Crippen LogP contribution in [0.2, 0.25) is 0 Å². The van der Waals surface area contributed by atoms with Gasteiger partial charge in [0.15, 0.2) is 0 Å². The van der Waals surface area contributed by atoms with Crippen molar-refractivity contribution in [2.24, 2.45) is 11.8 Å². The second-order valence-electron chi connectivity index (χ2n) is 7.19. The number of rotatable bonds is 4. The van der Waals surface area contributed by atoms with Crippen molar-refractivity contribution in [3.8, 4) is 0 Å². The van der Waals surface area contributed by atoms with E-state index in [1.54, 1.807) is 12.1 Å². The van der Waals surface area contributed by atoms with Gasteiger partial charge >= 0.3 is 0 Å². The summed E-state index contributed by atoms with van der Waals surface area (Å²) in [5.41, 5.74) is 1.26. The third-order valence-electron chi connectivity index (χ3n) is 5.45. The van der Waals surface area contributed by atoms with Crippen LogP contribution in [-0.4, -0.2) is 42.5 Å². The van der Waals surface area contributed by atoms with E-state index in [2.05, 4.69) is 16.7 Å². The van der Waals surface area contributed by atoms with Gasteiger partial charge in [0.05, 0.1) is 4.92 Å². The Bertz CT molecular complexity index is 516. The largest absolute Gasteiger partial charge is 0.369 e. The van der Waals surface area contributed by atoms with Gasteiger partial charge in [0.2, 0.25) is 0 Å². The van der Waals surface area contributed by atoms with E-state index in [4.69, 9.17) is 0 Å². The monoisotopic (exact) mass is 317 g/mol. The molecule has 23 heavy (non-hydrogen) atoms. The van der Waals surface area contributed by atoms with Crippen LogP contribution in [0.25, 0.3) is 0 Å². The van der Waals surface area contributed by atoms with E-state index >= 15 is 0 Å². The maximum absolute atomic E-state index is 10.7. The predicted molar refractivity (Wildman–Crippen MR) is 92.9 cm³/mol. The molecule has 0 N–H and O–H groups in total. The third kappa shape index (κ3) is 4.22. The lowest BCUT2D eigenvalue weighted by Crippen LogP contribution is -2.48. The number of benzene rings is 1. The van der Waals surface area contributed by atoms with E-state index in [9.17, 15) is 10.1 Å². The van der Waals surface area contributed by atoms with Crippen LogP contribution in [0.5, 0.6) is 0 Å². The average molecular weight is 317 g/mol. The predicted octanol–water partition coefficient (Wildman–Crippen LogP) is 3.54. The van der Waals surface area contributed by atoms with Crippen LogP contribution in [0.15, 0.2) is 24.3 Å². The fraction of sp³-hybridized carbons (Fsp3) is 0.667. The van der Waals surface area contributed by atoms with Crippen molar-refractivity contribution in [1.29, 1.82) is 0 Å². The van der Waals surface area contributed by atoms with Crippen molar-refractivity contribution in [3.63, 3.8) is 0 Å². The van der Waals surface area contributed by atoms with Crippen LogP contribution in [0, 0.1) is 22.0 Å². The number of piperazine rings is 1. The van der Waals surface area contributed by atoms with Crippen molar-refractivity contribution in [1.82, 2.24) is 4.90 Å². The first-order chi connectivity index (χ1) is 11.1. The summed E-state index contributed by atoms with van der Waals surface area (Å²) in [4.78, 5) is 15.3. The SMILES string of the molecule is CC1CCC(CN2CCN(c3ccc([N+](=O)[O-])cc3)CC2)CC1. The van der Waals surface area contributed by atoms with Crippen LogP contribution in [-0.2, 0) is 0 Å². The molecule has 126 valence electrons. The van der Waals surface area contributed by atoms with Gasteiger partial charge in [-0.05, 0) is 36.8 Å². The molecule has 0 radical (unpaired) electrons. The summed E-state index contributed by atoms with van der Waals surface area (Å²) >= 11 is 0. The van der Waals surface area contributed by atoms with Crippen molar-refractivity contribution >= 4 is 11.4 Å². The molecule has 2 aliphatic rings. The van der Waals surface area contributed by atoms with Crippen LogP contribution in [0.4, 0.5) is 11.4 Å². The van der Waals surface area contributed by atoms with Crippen molar-refractivity contribution < 1.29 is 4.92 Å². The van der Waals surface area contributed by atoms with Crippen molar-refractivity contribution in [2.75, 3.05) is 37.6 Å². The van der Waals surface area contributed by atoms with Crippen molar-refractivity contribution in [2.45, 2.75) is 32.6 Å². The van der Waals surface area contributed by atoms with Gasteiger partial charge < -0.3 is 4.90 Å². The highest BCUT2D eigenvalue weighted by Crippen LogP contribution is 2.29. The van der Waals surface area contributed by atoms with E-state index in [1.165, 1.54) is 32.2 Å². The van der Waals surface area contributed by atoms with Crippen molar-refractivity contribution in [3.05, 3.63) is 34.4 Å². The van der Waals surface area contributed by atoms with Gasteiger partial charge in [-0.2, -0.15) is 0 Å². The van der Waals surface area contributed by atoms with E-state index in [1.807, 2.05) is 12.1 Å². The summed E-state index contributed by atoms with van der Waals surface area (Å²) in [6.45, 7) is 7.86. The van der Waals surface area contributed by atoms with Gasteiger partial charge in [0, 0.05) is 50.5 Å². The normalized spacial score (nSPS) is 26.2. The molecule has 0 aromatic heterocycles. The van der Waals surface area contributed by atoms with E-state index in [0.29, 0.717) is 0 Å². The zero-order valence-electron chi connectivity index (χ0n) is 14.0. The molecule has 0 atom stereocenters. The first kappa shape index (κ1) is 16.2. The number of nitro groups is 1. The molecule has 1 aromatic rings. The summed E-state index contributed by atoms with van der Waals surface area (Å²) in [6, 6.07) is 6.95. The minimum atomic E-state index is -0.341. The van der Waals surface area contributed by atoms with Gasteiger partial charge in [-0.25, -0.2) is 0 Å². The molecule has 1 saturated heterocycles. The fourth-order valence-electron chi connectivity index (χ4n) is 3.85. The van der Waals surface area contributed by atoms with E-state index < -0.39 is 0 Å². The summed E-state index contributed by atoms with van der Waals surface area (Å²) in [5, 5.41) is 10.7. The molecule has 0 amide bonds. The lowest BCUT2D eigenvalue weighted by atomic mass is 9.83. The first-order valence-corrected chi connectivity index (χ1v) is 8.83. The molecule has 0 spiro atoms. The molecule has 1 aromatic carbocycles. The summed E-state index contributed by atoms with van der Waals surface area (Å²) in [7, 11) is 0. The molecule has 1 heterocycles. The summed E-state index contributed by atoms with van der Waals surface area (Å²) < 4.78 is 0. The Morgan fingerprint density at radius 2 is 1.65 bits per heavy atom. The maximum atomic E-state index is 10.7. The zero-order chi connectivity index (χ0) is 16.2. The molecular formula is C18H27N3O2. The third-order valence-corrected chi connectivity index (χ3v) is 5.45. The Morgan fingerprint density at radius 3 is 2.22 bits per heavy atom. The van der Waals surface area contributed by atoms with Crippen LogP contribution in [0.3, 0.4) is 0 Å². The van der Waals surface area contributed by atoms with Gasteiger partial charge in [-0.15, -0.1) is 0 Å². The zero-order valence-corrected chi connectivity index (χ0v) is 14.0. The molecule has 2 fully saturated rings. The van der Waals surface area contributed by atoms with Gasteiger partial charge in [0.1, 0.15) is 0 Å². The molecule has 5 heteroatoms.